The van der Waals surface area contributed by atoms with Crippen LogP contribution in [0.15, 0.2) is 0 Å². The van der Waals surface area contributed by atoms with Crippen molar-refractivity contribution in [1.29, 1.82) is 0 Å². The number of hydrogen-bond acceptors (Lipinski definition) is 5. The second kappa shape index (κ2) is 6.71. The highest BCUT2D eigenvalue weighted by atomic mass is 16.7. The van der Waals surface area contributed by atoms with Crippen LogP contribution < -0.4 is 0 Å². The lowest BCUT2D eigenvalue weighted by molar-refractivity contribution is -0.226. The zero-order valence-corrected chi connectivity index (χ0v) is 16.3. The number of likely N-dealkylation sites (tertiary alicyclic amines) is 1. The van der Waals surface area contributed by atoms with E-state index in [9.17, 15) is 9.59 Å². The fourth-order valence-electron chi connectivity index (χ4n) is 4.77. The van der Waals surface area contributed by atoms with Crippen molar-refractivity contribution in [3.8, 4) is 0 Å². The molecule has 5 aliphatic rings. The number of rotatable bonds is 4. The fraction of sp³-hybridized carbons (Fsp3) is 0.900. The summed E-state index contributed by atoms with van der Waals surface area (Å²) in [6, 6.07) is -0.248. The van der Waals surface area contributed by atoms with Gasteiger partial charge in [-0.05, 0) is 43.9 Å². The number of amides is 2. The summed E-state index contributed by atoms with van der Waals surface area (Å²) < 4.78 is 6.23. The minimum absolute atomic E-state index is 0.0456. The Labute approximate surface area is 160 Å². The highest BCUT2D eigenvalue weighted by Crippen LogP contribution is 2.42. The van der Waals surface area contributed by atoms with E-state index in [0.29, 0.717) is 50.6 Å². The third kappa shape index (κ3) is 3.49. The molecule has 7 nitrogen and oxygen atoms in total. The van der Waals surface area contributed by atoms with Crippen molar-refractivity contribution in [2.45, 2.75) is 50.7 Å². The van der Waals surface area contributed by atoms with Crippen molar-refractivity contribution in [2.24, 2.45) is 17.8 Å². The number of carbonyl (C=O) groups excluding carboxylic acids is 2. The molecule has 3 unspecified atom stereocenters. The summed E-state index contributed by atoms with van der Waals surface area (Å²) in [7, 11) is 0. The molecule has 27 heavy (non-hydrogen) atoms. The van der Waals surface area contributed by atoms with Crippen molar-refractivity contribution in [2.75, 3.05) is 45.9 Å². The van der Waals surface area contributed by atoms with Gasteiger partial charge in [0.1, 0.15) is 11.6 Å². The largest absolute Gasteiger partial charge is 0.368 e. The van der Waals surface area contributed by atoms with E-state index in [1.807, 2.05) is 4.90 Å². The fourth-order valence-corrected chi connectivity index (χ4v) is 4.77. The monoisotopic (exact) mass is 377 g/mol. The smallest absolute Gasteiger partial charge is 0.265 e. The Morgan fingerprint density at radius 3 is 2.52 bits per heavy atom. The average Bonchev–Trinajstić information content (AvgIpc) is 3.58. The summed E-state index contributed by atoms with van der Waals surface area (Å²) in [6.07, 6.45) is 5.57. The number of carbonyl (C=O) groups is 2. The van der Waals surface area contributed by atoms with E-state index in [1.54, 1.807) is 5.06 Å². The highest BCUT2D eigenvalue weighted by Gasteiger charge is 2.55. The average molecular weight is 377 g/mol. The maximum absolute atomic E-state index is 13.0. The summed E-state index contributed by atoms with van der Waals surface area (Å²) in [5.41, 5.74) is -0.276. The van der Waals surface area contributed by atoms with Crippen LogP contribution in [0.25, 0.3) is 0 Å². The third-order valence-electron chi connectivity index (χ3n) is 6.90. The first kappa shape index (κ1) is 17.9. The molecule has 150 valence electrons. The second-order valence-electron chi connectivity index (χ2n) is 9.38. The number of nitrogens with zero attached hydrogens (tertiary/aromatic N) is 3. The van der Waals surface area contributed by atoms with E-state index in [1.165, 1.54) is 12.8 Å². The summed E-state index contributed by atoms with van der Waals surface area (Å²) in [4.78, 5) is 35.3. The SMILES string of the molecule is CC1CC1C(=O)N1CC2(C1)CN(CC1CC1)C(C(=O)N1CCCCO1)CO2. The van der Waals surface area contributed by atoms with Crippen molar-refractivity contribution in [3.05, 3.63) is 0 Å². The first-order chi connectivity index (χ1) is 13.0. The Kier molecular flexibility index (Phi) is 4.44. The van der Waals surface area contributed by atoms with Crippen LogP contribution in [0, 0.1) is 17.8 Å². The van der Waals surface area contributed by atoms with E-state index in [0.717, 1.165) is 32.4 Å². The molecule has 3 heterocycles. The van der Waals surface area contributed by atoms with Gasteiger partial charge in [-0.15, -0.1) is 0 Å². The molecular weight excluding hydrogens is 346 g/mol. The molecule has 7 heteroatoms. The molecule has 3 atom stereocenters. The number of morpholine rings is 1. The molecule has 3 aliphatic heterocycles. The van der Waals surface area contributed by atoms with E-state index in [2.05, 4.69) is 11.8 Å². The van der Waals surface area contributed by atoms with Crippen molar-refractivity contribution < 1.29 is 19.2 Å². The zero-order valence-electron chi connectivity index (χ0n) is 16.3. The Bertz CT molecular complexity index is 610. The van der Waals surface area contributed by atoms with Crippen molar-refractivity contribution in [1.82, 2.24) is 14.9 Å². The lowest BCUT2D eigenvalue weighted by Crippen LogP contribution is -2.74. The van der Waals surface area contributed by atoms with Gasteiger partial charge in [0.05, 0.1) is 26.3 Å². The van der Waals surface area contributed by atoms with Crippen LogP contribution in [0.5, 0.6) is 0 Å². The molecular formula is C20H31N3O4. The van der Waals surface area contributed by atoms with E-state index >= 15 is 0 Å². The van der Waals surface area contributed by atoms with Crippen LogP contribution in [-0.2, 0) is 19.2 Å². The summed E-state index contributed by atoms with van der Waals surface area (Å²) in [5, 5.41) is 1.56. The Balaban J connectivity index is 1.22. The van der Waals surface area contributed by atoms with E-state index in [4.69, 9.17) is 9.57 Å². The molecule has 0 aromatic heterocycles. The van der Waals surface area contributed by atoms with E-state index in [-0.39, 0.29) is 23.5 Å². The standard InChI is InChI=1S/C20H31N3O4/c1-14-8-16(14)18(24)22-12-20(13-22)11-21(9-15-4-5-15)17(10-26-20)19(25)23-6-2-3-7-27-23/h14-17H,2-13H2,1H3. The third-order valence-corrected chi connectivity index (χ3v) is 6.90. The maximum atomic E-state index is 13.0. The normalized spacial score (nSPS) is 35.8. The molecule has 3 saturated heterocycles. The van der Waals surface area contributed by atoms with Crippen LogP contribution >= 0.6 is 0 Å². The minimum Gasteiger partial charge on any atom is -0.368 e. The molecule has 0 aromatic carbocycles. The summed E-state index contributed by atoms with van der Waals surface area (Å²) in [5.74, 6) is 1.83. The quantitative estimate of drug-likeness (QED) is 0.728. The molecule has 5 fully saturated rings. The maximum Gasteiger partial charge on any atom is 0.265 e. The van der Waals surface area contributed by atoms with Crippen LogP contribution in [0.3, 0.4) is 0 Å². The van der Waals surface area contributed by atoms with Gasteiger partial charge in [0.2, 0.25) is 5.91 Å². The number of hydroxylamine groups is 2. The van der Waals surface area contributed by atoms with E-state index < -0.39 is 0 Å². The predicted octanol–water partition coefficient (Wildman–Crippen LogP) is 0.888. The number of hydrogen-bond donors (Lipinski definition) is 0. The molecule has 0 aromatic rings. The molecule has 0 bridgehead atoms. The number of ether oxygens (including phenoxy) is 1. The molecule has 0 radical (unpaired) electrons. The van der Waals surface area contributed by atoms with Gasteiger partial charge in [-0.1, -0.05) is 6.92 Å². The molecule has 5 rings (SSSR count). The van der Waals surface area contributed by atoms with Gasteiger partial charge in [0.25, 0.3) is 5.91 Å². The Hall–Kier alpha value is -1.18. The second-order valence-corrected chi connectivity index (χ2v) is 9.38. The Morgan fingerprint density at radius 1 is 1.11 bits per heavy atom. The summed E-state index contributed by atoms with van der Waals surface area (Å²) >= 11 is 0. The molecule has 2 amide bonds. The molecule has 0 N–H and O–H groups in total. The molecule has 2 saturated carbocycles. The first-order valence-electron chi connectivity index (χ1n) is 10.7. The van der Waals surface area contributed by atoms with Gasteiger partial charge in [0, 0.05) is 25.6 Å². The van der Waals surface area contributed by atoms with Crippen molar-refractivity contribution in [3.63, 3.8) is 0 Å². The molecule has 1 spiro atoms. The highest BCUT2D eigenvalue weighted by molar-refractivity contribution is 5.83. The minimum atomic E-state index is -0.276. The van der Waals surface area contributed by atoms with Crippen LogP contribution in [0.2, 0.25) is 0 Å². The van der Waals surface area contributed by atoms with Gasteiger partial charge in [0.15, 0.2) is 0 Å². The predicted molar refractivity (Wildman–Crippen MR) is 97.5 cm³/mol. The van der Waals surface area contributed by atoms with Crippen LogP contribution in [-0.4, -0.2) is 84.3 Å². The van der Waals surface area contributed by atoms with Crippen molar-refractivity contribution >= 4 is 11.8 Å². The summed E-state index contributed by atoms with van der Waals surface area (Å²) in [6.45, 7) is 6.93. The van der Waals surface area contributed by atoms with Crippen LogP contribution in [0.1, 0.15) is 39.0 Å². The van der Waals surface area contributed by atoms with Gasteiger partial charge in [-0.25, -0.2) is 5.06 Å². The molecule has 2 aliphatic carbocycles. The lowest BCUT2D eigenvalue weighted by atomic mass is 9.89. The van der Waals surface area contributed by atoms with Gasteiger partial charge in [-0.2, -0.15) is 0 Å². The Morgan fingerprint density at radius 2 is 1.89 bits per heavy atom. The first-order valence-corrected chi connectivity index (χ1v) is 10.7. The topological polar surface area (TPSA) is 62.3 Å². The van der Waals surface area contributed by atoms with Gasteiger partial charge >= 0.3 is 0 Å². The van der Waals surface area contributed by atoms with Gasteiger partial charge < -0.3 is 9.64 Å². The van der Waals surface area contributed by atoms with Gasteiger partial charge in [-0.3, -0.25) is 19.3 Å². The van der Waals surface area contributed by atoms with Crippen LogP contribution in [0.4, 0.5) is 0 Å². The zero-order chi connectivity index (χ0) is 18.6. The lowest BCUT2D eigenvalue weighted by Gasteiger charge is -2.55.